The average Bonchev–Trinajstić information content (AvgIpc) is 2.12. The Labute approximate surface area is 96.3 Å². The number of hydrogen-bond donors (Lipinski definition) is 2. The van der Waals surface area contributed by atoms with Crippen LogP contribution >= 0.6 is 25.6 Å². The molecule has 0 aromatic heterocycles. The van der Waals surface area contributed by atoms with Gasteiger partial charge in [-0.3, -0.25) is 0 Å². The molecule has 0 aromatic carbocycles. The first-order valence-corrected chi connectivity index (χ1v) is 5.71. The van der Waals surface area contributed by atoms with E-state index in [2.05, 4.69) is 39.5 Å². The number of ether oxygens (including phenoxy) is 1. The van der Waals surface area contributed by atoms with Gasteiger partial charge in [-0.05, 0) is 50.3 Å². The third-order valence-electron chi connectivity index (χ3n) is 3.05. The van der Waals surface area contributed by atoms with Gasteiger partial charge in [-0.25, -0.2) is 4.79 Å². The molecule has 1 fully saturated rings. The Kier molecular flexibility index (Phi) is 4.44. The number of rotatable bonds is 1. The number of amides is 1. The Morgan fingerprint density at radius 1 is 1.36 bits per heavy atom. The van der Waals surface area contributed by atoms with E-state index in [0.29, 0.717) is 11.8 Å². The van der Waals surface area contributed by atoms with Gasteiger partial charge in [0.05, 0.1) is 0 Å². The standard InChI is InChI=1S/C9H17NO2S2/c1-6-4-3-5-8(7(6)2)12-9(11)10(13)14/h6-8,13-14H,3-5H2,1-2H3. The zero-order valence-electron chi connectivity index (χ0n) is 8.51. The van der Waals surface area contributed by atoms with Crippen LogP contribution in [0.4, 0.5) is 4.79 Å². The second-order valence-corrected chi connectivity index (χ2v) is 5.09. The molecule has 14 heavy (non-hydrogen) atoms. The average molecular weight is 235 g/mol. The van der Waals surface area contributed by atoms with Gasteiger partial charge in [0.1, 0.15) is 6.10 Å². The summed E-state index contributed by atoms with van der Waals surface area (Å²) in [7, 11) is 0. The quantitative estimate of drug-likeness (QED) is 0.684. The summed E-state index contributed by atoms with van der Waals surface area (Å²) in [5.41, 5.74) is 0. The summed E-state index contributed by atoms with van der Waals surface area (Å²) in [5.74, 6) is 1.05. The molecule has 0 spiro atoms. The summed E-state index contributed by atoms with van der Waals surface area (Å²) >= 11 is 7.54. The molecule has 0 saturated heterocycles. The molecule has 0 bridgehead atoms. The molecule has 0 radical (unpaired) electrons. The highest BCUT2D eigenvalue weighted by Crippen LogP contribution is 2.31. The van der Waals surface area contributed by atoms with Crippen molar-refractivity contribution in [2.75, 3.05) is 0 Å². The first-order chi connectivity index (χ1) is 6.52. The molecule has 5 heteroatoms. The van der Waals surface area contributed by atoms with Crippen LogP contribution in [-0.4, -0.2) is 15.9 Å². The highest BCUT2D eigenvalue weighted by Gasteiger charge is 2.30. The van der Waals surface area contributed by atoms with Crippen LogP contribution < -0.4 is 0 Å². The minimum absolute atomic E-state index is 0.0213. The van der Waals surface area contributed by atoms with Crippen molar-refractivity contribution in [3.63, 3.8) is 0 Å². The molecule has 1 saturated carbocycles. The molecule has 0 N–H and O–H groups in total. The summed E-state index contributed by atoms with van der Waals surface area (Å²) in [5, 5.41) is 0. The van der Waals surface area contributed by atoms with Gasteiger partial charge < -0.3 is 4.74 Å². The van der Waals surface area contributed by atoms with Gasteiger partial charge in [0.25, 0.3) is 0 Å². The fraction of sp³-hybridized carbons (Fsp3) is 0.889. The zero-order valence-corrected chi connectivity index (χ0v) is 10.3. The lowest BCUT2D eigenvalue weighted by Gasteiger charge is -2.33. The van der Waals surface area contributed by atoms with E-state index >= 15 is 0 Å². The predicted molar refractivity (Wildman–Crippen MR) is 62.3 cm³/mol. The van der Waals surface area contributed by atoms with Crippen molar-refractivity contribution in [1.29, 1.82) is 0 Å². The van der Waals surface area contributed by atoms with E-state index in [1.54, 1.807) is 0 Å². The van der Waals surface area contributed by atoms with E-state index < -0.39 is 6.09 Å². The SMILES string of the molecule is CC1CCCC(OC(=O)N(S)S)C1C. The van der Waals surface area contributed by atoms with E-state index in [1.807, 2.05) is 0 Å². The van der Waals surface area contributed by atoms with E-state index in [1.165, 1.54) is 6.42 Å². The summed E-state index contributed by atoms with van der Waals surface area (Å²) in [6, 6.07) is 0. The van der Waals surface area contributed by atoms with Gasteiger partial charge in [0.2, 0.25) is 0 Å². The second-order valence-electron chi connectivity index (χ2n) is 3.98. The lowest BCUT2D eigenvalue weighted by Crippen LogP contribution is -2.34. The van der Waals surface area contributed by atoms with E-state index in [9.17, 15) is 4.79 Å². The largest absolute Gasteiger partial charge is 0.445 e. The molecule has 3 atom stereocenters. The molecule has 1 aliphatic rings. The Hall–Kier alpha value is -0.0300. The third-order valence-corrected chi connectivity index (χ3v) is 3.37. The molecular weight excluding hydrogens is 218 g/mol. The van der Waals surface area contributed by atoms with Gasteiger partial charge in [0, 0.05) is 0 Å². The zero-order chi connectivity index (χ0) is 10.7. The number of carbonyl (C=O) groups is 1. The van der Waals surface area contributed by atoms with Crippen LogP contribution in [0.1, 0.15) is 33.1 Å². The van der Waals surface area contributed by atoms with Crippen LogP contribution in [0.25, 0.3) is 0 Å². The maximum atomic E-state index is 11.2. The van der Waals surface area contributed by atoms with Crippen LogP contribution in [0.3, 0.4) is 0 Å². The van der Waals surface area contributed by atoms with Crippen molar-refractivity contribution in [3.8, 4) is 0 Å². The molecule has 1 amide bonds. The maximum Gasteiger partial charge on any atom is 0.430 e. The number of carbonyl (C=O) groups excluding carboxylic acids is 1. The van der Waals surface area contributed by atoms with Crippen molar-refractivity contribution in [1.82, 2.24) is 3.71 Å². The van der Waals surface area contributed by atoms with Crippen LogP contribution in [0, 0.1) is 11.8 Å². The monoisotopic (exact) mass is 235 g/mol. The van der Waals surface area contributed by atoms with Gasteiger partial charge in [-0.1, -0.05) is 20.3 Å². The first-order valence-electron chi connectivity index (χ1n) is 4.91. The van der Waals surface area contributed by atoms with Crippen molar-refractivity contribution < 1.29 is 9.53 Å². The molecule has 82 valence electrons. The predicted octanol–water partition coefficient (Wildman–Crippen LogP) is 2.94. The van der Waals surface area contributed by atoms with Gasteiger partial charge in [0.15, 0.2) is 0 Å². The molecule has 1 aliphatic carbocycles. The summed E-state index contributed by atoms with van der Waals surface area (Å²) in [6.45, 7) is 4.33. The molecule has 0 aliphatic heterocycles. The molecule has 1 rings (SSSR count). The number of nitrogens with zero attached hydrogens (tertiary/aromatic N) is 1. The van der Waals surface area contributed by atoms with Crippen LogP contribution in [0.15, 0.2) is 0 Å². The number of thiol groups is 2. The fourth-order valence-electron chi connectivity index (χ4n) is 1.88. The lowest BCUT2D eigenvalue weighted by molar-refractivity contribution is 0.0208. The summed E-state index contributed by atoms with van der Waals surface area (Å²) in [4.78, 5) is 11.2. The maximum absolute atomic E-state index is 11.2. The first kappa shape index (κ1) is 12.0. The molecule has 0 heterocycles. The fourth-order valence-corrected chi connectivity index (χ4v) is 1.97. The van der Waals surface area contributed by atoms with Crippen molar-refractivity contribution in [2.24, 2.45) is 11.8 Å². The Balaban J connectivity index is 2.47. The summed E-state index contributed by atoms with van der Waals surface area (Å²) in [6.07, 6.45) is 2.84. The normalized spacial score (nSPS) is 32.4. The minimum atomic E-state index is -0.484. The van der Waals surface area contributed by atoms with Crippen molar-refractivity contribution in [2.45, 2.75) is 39.2 Å². The van der Waals surface area contributed by atoms with E-state index in [0.717, 1.165) is 16.6 Å². The Bertz CT molecular complexity index is 211. The Morgan fingerprint density at radius 2 is 2.00 bits per heavy atom. The highest BCUT2D eigenvalue weighted by atomic mass is 32.2. The van der Waals surface area contributed by atoms with Crippen molar-refractivity contribution in [3.05, 3.63) is 0 Å². The van der Waals surface area contributed by atoms with Gasteiger partial charge in [-0.15, -0.1) is 0 Å². The van der Waals surface area contributed by atoms with E-state index in [-0.39, 0.29) is 6.10 Å². The minimum Gasteiger partial charge on any atom is -0.445 e. The van der Waals surface area contributed by atoms with Crippen LogP contribution in [-0.2, 0) is 4.74 Å². The third kappa shape index (κ3) is 2.98. The van der Waals surface area contributed by atoms with E-state index in [4.69, 9.17) is 4.74 Å². The molecule has 3 nitrogen and oxygen atoms in total. The lowest BCUT2D eigenvalue weighted by atomic mass is 9.79. The topological polar surface area (TPSA) is 29.5 Å². The molecule has 3 unspecified atom stereocenters. The molecular formula is C9H17NO2S2. The molecule has 0 aromatic rings. The summed E-state index contributed by atoms with van der Waals surface area (Å²) < 4.78 is 6.15. The van der Waals surface area contributed by atoms with Gasteiger partial charge in [-0.2, -0.15) is 3.71 Å². The Morgan fingerprint density at radius 3 is 2.57 bits per heavy atom. The van der Waals surface area contributed by atoms with Crippen molar-refractivity contribution >= 4 is 31.7 Å². The number of hydrogen-bond acceptors (Lipinski definition) is 4. The second kappa shape index (κ2) is 5.16. The van der Waals surface area contributed by atoms with Gasteiger partial charge >= 0.3 is 6.09 Å². The highest BCUT2D eigenvalue weighted by molar-refractivity contribution is 7.94. The van der Waals surface area contributed by atoms with Crippen LogP contribution in [0.2, 0.25) is 0 Å². The van der Waals surface area contributed by atoms with Crippen LogP contribution in [0.5, 0.6) is 0 Å². The smallest absolute Gasteiger partial charge is 0.430 e.